The number of piperidine rings is 3. The number of hydrogen-bond acceptors (Lipinski definition) is 7. The van der Waals surface area contributed by atoms with E-state index in [1.165, 1.54) is 6.92 Å². The predicted molar refractivity (Wildman–Crippen MR) is 106 cm³/mol. The van der Waals surface area contributed by atoms with E-state index in [0.717, 1.165) is 43.0 Å². The highest BCUT2D eigenvalue weighted by Crippen LogP contribution is 2.37. The third-order valence-electron chi connectivity index (χ3n) is 6.42. The summed E-state index contributed by atoms with van der Waals surface area (Å²) in [6.45, 7) is 4.67. The van der Waals surface area contributed by atoms with Crippen LogP contribution in [0.3, 0.4) is 0 Å². The number of aromatic nitrogens is 3. The lowest BCUT2D eigenvalue weighted by Gasteiger charge is -2.49. The van der Waals surface area contributed by atoms with Crippen molar-refractivity contribution in [2.75, 3.05) is 19.9 Å². The van der Waals surface area contributed by atoms with Crippen LogP contribution in [0.2, 0.25) is 0 Å². The Morgan fingerprint density at radius 3 is 2.90 bits per heavy atom. The number of carbonyl (C=O) groups is 2. The van der Waals surface area contributed by atoms with E-state index in [9.17, 15) is 9.59 Å². The first-order chi connectivity index (χ1) is 14.6. The summed E-state index contributed by atoms with van der Waals surface area (Å²) >= 11 is 0. The monoisotopic (exact) mass is 411 g/mol. The van der Waals surface area contributed by atoms with E-state index in [2.05, 4.69) is 20.5 Å². The van der Waals surface area contributed by atoms with E-state index in [1.807, 2.05) is 18.2 Å². The van der Waals surface area contributed by atoms with Gasteiger partial charge in [0, 0.05) is 26.1 Å². The van der Waals surface area contributed by atoms with Crippen molar-refractivity contribution >= 4 is 11.7 Å². The molecule has 1 N–H and O–H groups in total. The molecular formula is C21H25N5O4. The number of Topliss-reactive ketones (excluding diaryl/α,β-unsaturated/α-hetero) is 1. The van der Waals surface area contributed by atoms with Crippen LogP contribution in [0.15, 0.2) is 24.4 Å². The number of ketones is 1. The van der Waals surface area contributed by atoms with Gasteiger partial charge in [0.15, 0.2) is 17.3 Å². The van der Waals surface area contributed by atoms with Gasteiger partial charge in [0.25, 0.3) is 0 Å². The number of fused-ring (bicyclic) bond motifs is 4. The standard InChI is InChI=1S/C21H25N5O4/c1-13(27)18-11-26(24-23-18)9-16-7-15-4-5-25(16)10-17(15)21(28)22-8-14-2-3-19-20(6-14)30-12-29-19/h2-3,6,11,15-17H,4-5,7-10,12H2,1H3,(H,22,28)/t15-,16-,17+/m1/s1. The van der Waals surface area contributed by atoms with Crippen molar-refractivity contribution in [2.45, 2.75) is 38.9 Å². The van der Waals surface area contributed by atoms with Crippen molar-refractivity contribution in [3.8, 4) is 11.5 Å². The SMILES string of the molecule is CC(=O)c1cn(C[C@H]2C[C@H]3CCN2C[C@@H]3C(=O)NCc2ccc3c(c2)OCO3)nn1. The molecule has 9 heteroatoms. The topological polar surface area (TPSA) is 98.6 Å². The van der Waals surface area contributed by atoms with Gasteiger partial charge in [0.2, 0.25) is 12.7 Å². The number of amides is 1. The van der Waals surface area contributed by atoms with Crippen molar-refractivity contribution in [3.63, 3.8) is 0 Å². The van der Waals surface area contributed by atoms with Gasteiger partial charge in [0.05, 0.1) is 18.7 Å². The average Bonchev–Trinajstić information content (AvgIpc) is 3.41. The summed E-state index contributed by atoms with van der Waals surface area (Å²) in [5, 5.41) is 11.1. The van der Waals surface area contributed by atoms with Gasteiger partial charge in [-0.15, -0.1) is 5.10 Å². The van der Waals surface area contributed by atoms with Crippen molar-refractivity contribution in [1.82, 2.24) is 25.2 Å². The summed E-state index contributed by atoms with van der Waals surface area (Å²) in [5.41, 5.74) is 1.39. The van der Waals surface area contributed by atoms with Crippen molar-refractivity contribution < 1.29 is 19.1 Å². The maximum atomic E-state index is 12.9. The molecule has 2 aromatic rings. The molecule has 1 amide bonds. The summed E-state index contributed by atoms with van der Waals surface area (Å²) in [6, 6.07) is 6.07. The van der Waals surface area contributed by atoms with Gasteiger partial charge in [-0.2, -0.15) is 0 Å². The zero-order valence-electron chi connectivity index (χ0n) is 16.9. The number of rotatable bonds is 6. The average molecular weight is 411 g/mol. The van der Waals surface area contributed by atoms with Gasteiger partial charge in [-0.1, -0.05) is 11.3 Å². The Morgan fingerprint density at radius 1 is 1.27 bits per heavy atom. The Labute approximate surface area is 174 Å². The lowest BCUT2D eigenvalue weighted by atomic mass is 9.75. The van der Waals surface area contributed by atoms with Crippen molar-refractivity contribution in [2.24, 2.45) is 11.8 Å². The maximum absolute atomic E-state index is 12.9. The minimum atomic E-state index is -0.0779. The molecule has 158 valence electrons. The van der Waals surface area contributed by atoms with E-state index in [-0.39, 0.29) is 24.4 Å². The molecule has 1 aromatic heterocycles. The number of nitrogens with one attached hydrogen (secondary N) is 1. The lowest BCUT2D eigenvalue weighted by molar-refractivity contribution is -0.133. The molecule has 0 radical (unpaired) electrons. The molecule has 3 saturated heterocycles. The second-order valence-corrected chi connectivity index (χ2v) is 8.33. The summed E-state index contributed by atoms with van der Waals surface area (Å²) < 4.78 is 12.5. The Balaban J connectivity index is 1.17. The zero-order valence-corrected chi connectivity index (χ0v) is 16.9. The van der Waals surface area contributed by atoms with Crippen molar-refractivity contribution in [1.29, 1.82) is 0 Å². The molecule has 0 aliphatic carbocycles. The first-order valence-electron chi connectivity index (χ1n) is 10.4. The van der Waals surface area contributed by atoms with Crippen LogP contribution in [0.1, 0.15) is 35.8 Å². The zero-order chi connectivity index (χ0) is 20.7. The summed E-state index contributed by atoms with van der Waals surface area (Å²) in [5.74, 6) is 1.89. The van der Waals surface area contributed by atoms with Crippen LogP contribution >= 0.6 is 0 Å². The molecule has 1 unspecified atom stereocenters. The second kappa shape index (κ2) is 7.71. The van der Waals surface area contributed by atoms with E-state index >= 15 is 0 Å². The number of ether oxygens (including phenoxy) is 2. The molecule has 4 atom stereocenters. The first kappa shape index (κ1) is 19.0. The molecule has 9 nitrogen and oxygen atoms in total. The van der Waals surface area contributed by atoms with Gasteiger partial charge in [0.1, 0.15) is 5.69 Å². The third-order valence-corrected chi connectivity index (χ3v) is 6.42. The summed E-state index contributed by atoms with van der Waals surface area (Å²) in [7, 11) is 0. The molecule has 6 rings (SSSR count). The van der Waals surface area contributed by atoms with E-state index in [0.29, 0.717) is 30.7 Å². The van der Waals surface area contributed by atoms with E-state index < -0.39 is 0 Å². The number of carbonyl (C=O) groups excluding carboxylic acids is 2. The largest absolute Gasteiger partial charge is 0.454 e. The fourth-order valence-electron chi connectivity index (χ4n) is 4.76. The highest BCUT2D eigenvalue weighted by Gasteiger charge is 2.43. The van der Waals surface area contributed by atoms with Gasteiger partial charge < -0.3 is 14.8 Å². The first-order valence-corrected chi connectivity index (χ1v) is 10.4. The van der Waals surface area contributed by atoms with E-state index in [4.69, 9.17) is 9.47 Å². The van der Waals surface area contributed by atoms with Gasteiger partial charge in [-0.05, 0) is 43.0 Å². The highest BCUT2D eigenvalue weighted by atomic mass is 16.7. The van der Waals surface area contributed by atoms with Gasteiger partial charge in [-0.3, -0.25) is 19.2 Å². The number of hydrogen-bond donors (Lipinski definition) is 1. The highest BCUT2D eigenvalue weighted by molar-refractivity contribution is 5.91. The number of benzene rings is 1. The Kier molecular flexibility index (Phi) is 4.90. The van der Waals surface area contributed by atoms with Gasteiger partial charge in [-0.25, -0.2) is 0 Å². The van der Waals surface area contributed by atoms with Crippen LogP contribution in [0, 0.1) is 11.8 Å². The quantitative estimate of drug-likeness (QED) is 0.714. The van der Waals surface area contributed by atoms with Crippen LogP contribution in [0.25, 0.3) is 0 Å². The predicted octanol–water partition coefficient (Wildman–Crippen LogP) is 1.24. The molecule has 0 saturated carbocycles. The minimum absolute atomic E-state index is 0.00698. The summed E-state index contributed by atoms with van der Waals surface area (Å²) in [4.78, 5) is 26.7. The Bertz CT molecular complexity index is 974. The molecule has 5 heterocycles. The van der Waals surface area contributed by atoms with E-state index in [1.54, 1.807) is 10.9 Å². The number of nitrogens with zero attached hydrogens (tertiary/aromatic N) is 4. The molecular weight excluding hydrogens is 386 g/mol. The third kappa shape index (κ3) is 3.65. The molecule has 1 aromatic carbocycles. The Morgan fingerprint density at radius 2 is 2.13 bits per heavy atom. The van der Waals surface area contributed by atoms with Crippen LogP contribution in [0.5, 0.6) is 11.5 Å². The molecule has 0 spiro atoms. The molecule has 3 fully saturated rings. The summed E-state index contributed by atoms with van der Waals surface area (Å²) in [6.07, 6.45) is 3.70. The molecule has 30 heavy (non-hydrogen) atoms. The smallest absolute Gasteiger partial charge is 0.231 e. The molecule has 4 aliphatic rings. The van der Waals surface area contributed by atoms with Gasteiger partial charge >= 0.3 is 0 Å². The van der Waals surface area contributed by atoms with Crippen LogP contribution < -0.4 is 14.8 Å². The van der Waals surface area contributed by atoms with Crippen LogP contribution in [-0.4, -0.2) is 57.5 Å². The Hall–Kier alpha value is -2.94. The molecule has 2 bridgehead atoms. The second-order valence-electron chi connectivity index (χ2n) is 8.33. The van der Waals surface area contributed by atoms with Crippen LogP contribution in [0.4, 0.5) is 0 Å². The fourth-order valence-corrected chi connectivity index (χ4v) is 4.76. The maximum Gasteiger partial charge on any atom is 0.231 e. The molecule has 4 aliphatic heterocycles. The van der Waals surface area contributed by atoms with Crippen LogP contribution in [-0.2, 0) is 17.9 Å². The lowest BCUT2D eigenvalue weighted by Crippen LogP contribution is -2.58. The normalized spacial score (nSPS) is 26.6. The van der Waals surface area contributed by atoms with Crippen molar-refractivity contribution in [3.05, 3.63) is 35.7 Å². The fraction of sp³-hybridized carbons (Fsp3) is 0.524. The minimum Gasteiger partial charge on any atom is -0.454 e.